The molecule has 1 unspecified atom stereocenters. The molecular formula is C18H16F3NO. The van der Waals surface area contributed by atoms with E-state index in [1.165, 1.54) is 18.2 Å². The van der Waals surface area contributed by atoms with E-state index in [9.17, 15) is 18.0 Å². The zero-order valence-electron chi connectivity index (χ0n) is 12.4. The van der Waals surface area contributed by atoms with E-state index in [1.807, 2.05) is 0 Å². The minimum atomic E-state index is -0.909. The minimum absolute atomic E-state index is 0.0295. The summed E-state index contributed by atoms with van der Waals surface area (Å²) in [5, 5.41) is 0. The van der Waals surface area contributed by atoms with E-state index in [2.05, 4.69) is 0 Å². The van der Waals surface area contributed by atoms with Crippen LogP contribution in [-0.4, -0.2) is 17.4 Å². The molecule has 5 heteroatoms. The number of hydrogen-bond acceptors (Lipinski definition) is 1. The molecule has 2 nitrogen and oxygen atoms in total. The molecule has 2 aromatic rings. The third kappa shape index (κ3) is 3.38. The molecule has 1 heterocycles. The Morgan fingerprint density at radius 1 is 1.00 bits per heavy atom. The van der Waals surface area contributed by atoms with Crippen LogP contribution in [0, 0.1) is 17.5 Å². The van der Waals surface area contributed by atoms with Gasteiger partial charge in [-0.25, -0.2) is 13.2 Å². The highest BCUT2D eigenvalue weighted by molar-refractivity contribution is 5.78. The van der Waals surface area contributed by atoms with Gasteiger partial charge in [-0.05, 0) is 48.2 Å². The smallest absolute Gasteiger partial charge is 0.223 e. The van der Waals surface area contributed by atoms with Gasteiger partial charge in [0.25, 0.3) is 0 Å². The van der Waals surface area contributed by atoms with Gasteiger partial charge in [0.05, 0.1) is 6.04 Å². The summed E-state index contributed by atoms with van der Waals surface area (Å²) in [4.78, 5) is 13.8. The normalized spacial score (nSPS) is 16.0. The van der Waals surface area contributed by atoms with Crippen LogP contribution in [-0.2, 0) is 11.2 Å². The molecule has 1 fully saturated rings. The van der Waals surface area contributed by atoms with Crippen molar-refractivity contribution >= 4 is 5.91 Å². The van der Waals surface area contributed by atoms with Crippen molar-refractivity contribution in [2.24, 2.45) is 0 Å². The fourth-order valence-electron chi connectivity index (χ4n) is 2.98. The van der Waals surface area contributed by atoms with Crippen LogP contribution in [0.1, 0.15) is 30.0 Å². The van der Waals surface area contributed by atoms with Crippen LogP contribution in [0.4, 0.5) is 13.2 Å². The highest BCUT2D eigenvalue weighted by Crippen LogP contribution is 2.30. The highest BCUT2D eigenvalue weighted by atomic mass is 19.2. The van der Waals surface area contributed by atoms with Crippen molar-refractivity contribution in [3.63, 3.8) is 0 Å². The molecule has 1 amide bonds. The second-order valence-electron chi connectivity index (χ2n) is 5.71. The van der Waals surface area contributed by atoms with E-state index < -0.39 is 11.6 Å². The summed E-state index contributed by atoms with van der Waals surface area (Å²) in [5.41, 5.74) is 1.38. The van der Waals surface area contributed by atoms with Gasteiger partial charge in [0, 0.05) is 13.0 Å². The number of benzene rings is 2. The quantitative estimate of drug-likeness (QED) is 0.834. The third-order valence-electron chi connectivity index (χ3n) is 4.15. The van der Waals surface area contributed by atoms with Crippen LogP contribution in [0.25, 0.3) is 0 Å². The molecule has 2 aromatic carbocycles. The molecule has 0 bridgehead atoms. The summed E-state index contributed by atoms with van der Waals surface area (Å²) in [6.45, 7) is 0.616. The number of rotatable bonds is 4. The van der Waals surface area contributed by atoms with E-state index in [4.69, 9.17) is 0 Å². The van der Waals surface area contributed by atoms with Crippen LogP contribution >= 0.6 is 0 Å². The third-order valence-corrected chi connectivity index (χ3v) is 4.15. The first-order valence-electron chi connectivity index (χ1n) is 7.53. The molecule has 1 saturated heterocycles. The summed E-state index contributed by atoms with van der Waals surface area (Å²) >= 11 is 0. The lowest BCUT2D eigenvalue weighted by atomic mass is 9.97. The molecule has 120 valence electrons. The summed E-state index contributed by atoms with van der Waals surface area (Å²) in [6, 6.07) is 9.37. The Morgan fingerprint density at radius 2 is 1.74 bits per heavy atom. The predicted octanol–water partition coefficient (Wildman–Crippen LogP) is 4.01. The summed E-state index contributed by atoms with van der Waals surface area (Å²) in [6.07, 6.45) is 1.61. The van der Waals surface area contributed by atoms with Crippen molar-refractivity contribution < 1.29 is 18.0 Å². The van der Waals surface area contributed by atoms with Crippen molar-refractivity contribution in [1.29, 1.82) is 0 Å². The van der Waals surface area contributed by atoms with Crippen molar-refractivity contribution in [1.82, 2.24) is 4.90 Å². The van der Waals surface area contributed by atoms with Crippen LogP contribution in [0.2, 0.25) is 0 Å². The topological polar surface area (TPSA) is 20.3 Å². The van der Waals surface area contributed by atoms with Crippen LogP contribution < -0.4 is 0 Å². The fourth-order valence-corrected chi connectivity index (χ4v) is 2.98. The van der Waals surface area contributed by atoms with Gasteiger partial charge in [-0.15, -0.1) is 0 Å². The Labute approximate surface area is 132 Å². The lowest BCUT2D eigenvalue weighted by Crippen LogP contribution is -2.31. The highest BCUT2D eigenvalue weighted by Gasteiger charge is 2.29. The predicted molar refractivity (Wildman–Crippen MR) is 80.2 cm³/mol. The maximum Gasteiger partial charge on any atom is 0.223 e. The average Bonchev–Trinajstić information content (AvgIpc) is 2.95. The largest absolute Gasteiger partial charge is 0.335 e. The number of amides is 1. The van der Waals surface area contributed by atoms with Gasteiger partial charge in [-0.3, -0.25) is 4.79 Å². The number of nitrogens with zero attached hydrogens (tertiary/aromatic N) is 1. The molecule has 0 radical (unpaired) electrons. The minimum Gasteiger partial charge on any atom is -0.335 e. The molecular weight excluding hydrogens is 303 g/mol. The molecule has 1 aliphatic heterocycles. The van der Waals surface area contributed by atoms with Gasteiger partial charge in [0.15, 0.2) is 11.6 Å². The molecule has 0 N–H and O–H groups in total. The molecule has 3 rings (SSSR count). The van der Waals surface area contributed by atoms with Gasteiger partial charge in [0.1, 0.15) is 5.82 Å². The van der Waals surface area contributed by atoms with Crippen LogP contribution in [0.3, 0.4) is 0 Å². The van der Waals surface area contributed by atoms with Gasteiger partial charge >= 0.3 is 0 Å². The second-order valence-corrected chi connectivity index (χ2v) is 5.71. The number of hydrogen-bond donors (Lipinski definition) is 0. The van der Waals surface area contributed by atoms with E-state index in [0.717, 1.165) is 24.1 Å². The van der Waals surface area contributed by atoms with E-state index in [0.29, 0.717) is 24.9 Å². The Balaban J connectivity index is 1.92. The second kappa shape index (κ2) is 6.44. The standard InChI is InChI=1S/C18H16F3NO/c19-14-6-4-13(5-7-14)17(22-9-1-2-18(22)23)11-12-3-8-15(20)16(21)10-12/h3-8,10,17H,1-2,9,11H2. The summed E-state index contributed by atoms with van der Waals surface area (Å²) in [7, 11) is 0. The van der Waals surface area contributed by atoms with Gasteiger partial charge in [0.2, 0.25) is 5.91 Å². The molecule has 0 spiro atoms. The van der Waals surface area contributed by atoms with E-state index in [-0.39, 0.29) is 17.8 Å². The first kappa shape index (κ1) is 15.6. The van der Waals surface area contributed by atoms with Crippen molar-refractivity contribution in [3.05, 3.63) is 71.0 Å². The molecule has 1 atom stereocenters. The molecule has 23 heavy (non-hydrogen) atoms. The summed E-state index contributed by atoms with van der Waals surface area (Å²) in [5.74, 6) is -2.13. The Hall–Kier alpha value is -2.30. The van der Waals surface area contributed by atoms with E-state index in [1.54, 1.807) is 17.0 Å². The van der Waals surface area contributed by atoms with E-state index >= 15 is 0 Å². The Morgan fingerprint density at radius 3 is 2.35 bits per heavy atom. The fraction of sp³-hybridized carbons (Fsp3) is 0.278. The van der Waals surface area contributed by atoms with Crippen molar-refractivity contribution in [2.75, 3.05) is 6.54 Å². The SMILES string of the molecule is O=C1CCCN1C(Cc1ccc(F)c(F)c1)c1ccc(F)cc1. The maximum absolute atomic E-state index is 13.4. The average molecular weight is 319 g/mol. The van der Waals surface area contributed by atoms with Gasteiger partial charge < -0.3 is 4.90 Å². The zero-order valence-corrected chi connectivity index (χ0v) is 12.4. The lowest BCUT2D eigenvalue weighted by molar-refractivity contribution is -0.129. The van der Waals surface area contributed by atoms with Crippen LogP contribution in [0.15, 0.2) is 42.5 Å². The summed E-state index contributed by atoms with van der Waals surface area (Å²) < 4.78 is 39.7. The number of likely N-dealkylation sites (tertiary alicyclic amines) is 1. The van der Waals surface area contributed by atoms with Crippen molar-refractivity contribution in [3.8, 4) is 0 Å². The lowest BCUT2D eigenvalue weighted by Gasteiger charge is -2.28. The molecule has 0 aliphatic carbocycles. The maximum atomic E-state index is 13.4. The van der Waals surface area contributed by atoms with Crippen molar-refractivity contribution in [2.45, 2.75) is 25.3 Å². The first-order chi connectivity index (χ1) is 11.0. The zero-order chi connectivity index (χ0) is 16.4. The number of carbonyl (C=O) groups excluding carboxylic acids is 1. The Kier molecular flexibility index (Phi) is 4.37. The molecule has 1 aliphatic rings. The Bertz CT molecular complexity index is 715. The molecule has 0 saturated carbocycles. The molecule has 0 aromatic heterocycles. The van der Waals surface area contributed by atoms with Gasteiger partial charge in [-0.1, -0.05) is 18.2 Å². The monoisotopic (exact) mass is 319 g/mol. The first-order valence-corrected chi connectivity index (χ1v) is 7.53. The van der Waals surface area contributed by atoms with Crippen LogP contribution in [0.5, 0.6) is 0 Å². The van der Waals surface area contributed by atoms with Gasteiger partial charge in [-0.2, -0.15) is 0 Å². The number of carbonyl (C=O) groups is 1. The number of halogens is 3.